The highest BCUT2D eigenvalue weighted by atomic mass is 35.5. The fraction of sp³-hybridized carbons (Fsp3) is 0.250. The summed E-state index contributed by atoms with van der Waals surface area (Å²) in [6, 6.07) is 0. The molecule has 0 aromatic carbocycles. The molecule has 17 heavy (non-hydrogen) atoms. The minimum atomic E-state index is -1.30. The van der Waals surface area contributed by atoms with E-state index in [1.54, 1.807) is 0 Å². The first-order chi connectivity index (χ1) is 8.08. The molecule has 9 heteroatoms. The van der Waals surface area contributed by atoms with Gasteiger partial charge in [0.1, 0.15) is 11.9 Å². The van der Waals surface area contributed by atoms with Crippen molar-refractivity contribution in [2.24, 2.45) is 5.73 Å². The second-order valence-electron chi connectivity index (χ2n) is 3.27. The molecular weight excluding hydrogens is 248 g/mol. The third kappa shape index (κ3) is 2.43. The van der Waals surface area contributed by atoms with Gasteiger partial charge in [-0.3, -0.25) is 9.89 Å². The Kier molecular flexibility index (Phi) is 3.07. The molecule has 90 valence electrons. The van der Waals surface area contributed by atoms with Crippen molar-refractivity contribution in [1.82, 2.24) is 20.2 Å². The number of aromatic amines is 1. The van der Waals surface area contributed by atoms with Crippen molar-refractivity contribution in [2.75, 3.05) is 11.9 Å². The van der Waals surface area contributed by atoms with Crippen molar-refractivity contribution in [3.05, 3.63) is 11.5 Å². The van der Waals surface area contributed by atoms with Crippen LogP contribution in [0.4, 0.5) is 5.82 Å². The Balaban J connectivity index is 2.23. The van der Waals surface area contributed by atoms with Crippen LogP contribution < -0.4 is 11.1 Å². The molecule has 2 heterocycles. The van der Waals surface area contributed by atoms with Crippen molar-refractivity contribution < 1.29 is 9.90 Å². The number of rotatable bonds is 4. The van der Waals surface area contributed by atoms with E-state index >= 15 is 0 Å². The first-order valence-corrected chi connectivity index (χ1v) is 5.03. The Hall–Kier alpha value is -1.93. The monoisotopic (exact) mass is 256 g/mol. The van der Waals surface area contributed by atoms with E-state index in [0.29, 0.717) is 16.9 Å². The summed E-state index contributed by atoms with van der Waals surface area (Å²) >= 11 is 5.69. The number of carbonyl (C=O) groups excluding carboxylic acids is 1. The number of hydrogen-bond acceptors (Lipinski definition) is 6. The molecule has 2 aromatic rings. The third-order valence-corrected chi connectivity index (χ3v) is 2.24. The summed E-state index contributed by atoms with van der Waals surface area (Å²) in [5.41, 5.74) is 5.38. The Morgan fingerprint density at radius 2 is 2.41 bits per heavy atom. The zero-order valence-electron chi connectivity index (χ0n) is 8.51. The summed E-state index contributed by atoms with van der Waals surface area (Å²) in [5.74, 6) is -0.449. The molecule has 1 amide bonds. The Labute approximate surface area is 100 Å². The fourth-order valence-electron chi connectivity index (χ4n) is 1.24. The van der Waals surface area contributed by atoms with Crippen molar-refractivity contribution in [2.45, 2.75) is 6.10 Å². The van der Waals surface area contributed by atoms with Gasteiger partial charge in [0.2, 0.25) is 11.2 Å². The maximum atomic E-state index is 10.7. The predicted molar refractivity (Wildman–Crippen MR) is 60.4 cm³/mol. The quantitative estimate of drug-likeness (QED) is 0.533. The molecule has 0 saturated carbocycles. The van der Waals surface area contributed by atoms with Gasteiger partial charge in [0.15, 0.2) is 5.65 Å². The molecular formula is C8H9ClN6O2. The molecule has 0 saturated heterocycles. The summed E-state index contributed by atoms with van der Waals surface area (Å²) in [5, 5.41) is 19.0. The van der Waals surface area contributed by atoms with Crippen molar-refractivity contribution >= 4 is 34.4 Å². The van der Waals surface area contributed by atoms with Crippen LogP contribution in [0, 0.1) is 0 Å². The summed E-state index contributed by atoms with van der Waals surface area (Å²) in [7, 11) is 0. The predicted octanol–water partition coefficient (Wildman–Crippen LogP) is -0.736. The molecule has 0 aliphatic carbocycles. The second-order valence-corrected chi connectivity index (χ2v) is 3.61. The van der Waals surface area contributed by atoms with Crippen LogP contribution in [-0.2, 0) is 4.79 Å². The topological polar surface area (TPSA) is 130 Å². The standard InChI is InChI=1S/C8H9ClN6O2/c9-8-13-6(11-2-4(16)5(10)17)3-1-12-15-7(3)14-8/h1,4,16H,2H2,(H2,10,17)(H2,11,12,13,14,15). The lowest BCUT2D eigenvalue weighted by Crippen LogP contribution is -2.34. The van der Waals surface area contributed by atoms with Crippen LogP contribution in [0.1, 0.15) is 0 Å². The summed E-state index contributed by atoms with van der Waals surface area (Å²) in [6.45, 7) is -0.0665. The van der Waals surface area contributed by atoms with Crippen LogP contribution in [0.3, 0.4) is 0 Å². The molecule has 5 N–H and O–H groups in total. The number of nitrogens with two attached hydrogens (primary N) is 1. The van der Waals surface area contributed by atoms with Gasteiger partial charge in [-0.25, -0.2) is 0 Å². The number of aliphatic hydroxyl groups excluding tert-OH is 1. The van der Waals surface area contributed by atoms with Crippen molar-refractivity contribution in [3.63, 3.8) is 0 Å². The van der Waals surface area contributed by atoms with E-state index in [-0.39, 0.29) is 11.8 Å². The largest absolute Gasteiger partial charge is 0.381 e. The zero-order valence-corrected chi connectivity index (χ0v) is 9.27. The fourth-order valence-corrected chi connectivity index (χ4v) is 1.41. The molecule has 8 nitrogen and oxygen atoms in total. The van der Waals surface area contributed by atoms with Gasteiger partial charge in [-0.2, -0.15) is 15.1 Å². The molecule has 0 bridgehead atoms. The first kappa shape index (κ1) is 11.6. The number of aliphatic hydroxyl groups is 1. The first-order valence-electron chi connectivity index (χ1n) is 4.66. The third-order valence-electron chi connectivity index (χ3n) is 2.07. The lowest BCUT2D eigenvalue weighted by atomic mass is 10.3. The number of anilines is 1. The van der Waals surface area contributed by atoms with Crippen LogP contribution >= 0.6 is 11.6 Å². The molecule has 2 aromatic heterocycles. The average Bonchev–Trinajstić information content (AvgIpc) is 2.72. The van der Waals surface area contributed by atoms with E-state index in [0.717, 1.165) is 0 Å². The highest BCUT2D eigenvalue weighted by Gasteiger charge is 2.13. The van der Waals surface area contributed by atoms with Crippen LogP contribution in [0.2, 0.25) is 5.28 Å². The van der Waals surface area contributed by atoms with Crippen molar-refractivity contribution in [3.8, 4) is 0 Å². The van der Waals surface area contributed by atoms with Crippen molar-refractivity contribution in [1.29, 1.82) is 0 Å². The zero-order chi connectivity index (χ0) is 12.4. The molecule has 1 unspecified atom stereocenters. The lowest BCUT2D eigenvalue weighted by molar-refractivity contribution is -0.125. The number of amides is 1. The van der Waals surface area contributed by atoms with Gasteiger partial charge in [-0.15, -0.1) is 0 Å². The maximum Gasteiger partial charge on any atom is 0.248 e. The number of hydrogen-bond donors (Lipinski definition) is 4. The Bertz CT molecular complexity index is 556. The van der Waals surface area contributed by atoms with Crippen LogP contribution in [0.5, 0.6) is 0 Å². The summed E-state index contributed by atoms with van der Waals surface area (Å²) in [6.07, 6.45) is 0.204. The number of halogens is 1. The number of carbonyl (C=O) groups is 1. The number of H-pyrrole nitrogens is 1. The van der Waals surface area contributed by atoms with Crippen LogP contribution in [-0.4, -0.2) is 43.8 Å². The summed E-state index contributed by atoms with van der Waals surface area (Å²) in [4.78, 5) is 18.5. The van der Waals surface area contributed by atoms with Gasteiger partial charge >= 0.3 is 0 Å². The Morgan fingerprint density at radius 3 is 3.12 bits per heavy atom. The molecule has 0 aliphatic rings. The maximum absolute atomic E-state index is 10.7. The SMILES string of the molecule is NC(=O)C(O)CNc1nc(Cl)nc2[nH]ncc12. The molecule has 2 rings (SSSR count). The minimum absolute atomic E-state index is 0.0258. The highest BCUT2D eigenvalue weighted by molar-refractivity contribution is 6.28. The van der Waals surface area contributed by atoms with E-state index in [2.05, 4.69) is 25.5 Å². The van der Waals surface area contributed by atoms with Gasteiger partial charge in [-0.1, -0.05) is 0 Å². The van der Waals surface area contributed by atoms with Gasteiger partial charge in [0.25, 0.3) is 0 Å². The lowest BCUT2D eigenvalue weighted by Gasteiger charge is -2.09. The number of nitrogens with zero attached hydrogens (tertiary/aromatic N) is 3. The number of aromatic nitrogens is 4. The van der Waals surface area contributed by atoms with E-state index < -0.39 is 12.0 Å². The number of fused-ring (bicyclic) bond motifs is 1. The van der Waals surface area contributed by atoms with E-state index in [4.69, 9.17) is 17.3 Å². The molecule has 0 spiro atoms. The average molecular weight is 257 g/mol. The van der Waals surface area contributed by atoms with Crippen LogP contribution in [0.15, 0.2) is 6.20 Å². The van der Waals surface area contributed by atoms with E-state index in [1.807, 2.05) is 0 Å². The molecule has 0 fully saturated rings. The minimum Gasteiger partial charge on any atom is -0.381 e. The normalized spacial score (nSPS) is 12.6. The Morgan fingerprint density at radius 1 is 1.65 bits per heavy atom. The van der Waals surface area contributed by atoms with Gasteiger partial charge in [-0.05, 0) is 11.6 Å². The highest BCUT2D eigenvalue weighted by Crippen LogP contribution is 2.19. The smallest absolute Gasteiger partial charge is 0.248 e. The molecule has 1 atom stereocenters. The number of nitrogens with one attached hydrogen (secondary N) is 2. The number of primary amides is 1. The molecule has 0 radical (unpaired) electrons. The van der Waals surface area contributed by atoms with Gasteiger partial charge in [0.05, 0.1) is 18.1 Å². The summed E-state index contributed by atoms with van der Waals surface area (Å²) < 4.78 is 0. The van der Waals surface area contributed by atoms with E-state index in [1.165, 1.54) is 6.20 Å². The van der Waals surface area contributed by atoms with Gasteiger partial charge in [0, 0.05) is 0 Å². The van der Waals surface area contributed by atoms with E-state index in [9.17, 15) is 9.90 Å². The molecule has 0 aliphatic heterocycles. The van der Waals surface area contributed by atoms with Gasteiger partial charge < -0.3 is 16.2 Å². The second kappa shape index (κ2) is 4.52. The van der Waals surface area contributed by atoms with Crippen LogP contribution in [0.25, 0.3) is 11.0 Å².